The number of hydrogen-bond donors (Lipinski definition) is 3. The van der Waals surface area contributed by atoms with Gasteiger partial charge in [0.2, 0.25) is 0 Å². The highest BCUT2D eigenvalue weighted by Crippen LogP contribution is 2.22. The molecule has 0 spiro atoms. The Morgan fingerprint density at radius 2 is 1.88 bits per heavy atom. The van der Waals surface area contributed by atoms with Crippen molar-refractivity contribution in [2.45, 2.75) is 44.8 Å². The minimum absolute atomic E-state index is 0.127. The molecule has 32 heavy (non-hydrogen) atoms. The van der Waals surface area contributed by atoms with Crippen molar-refractivity contribution in [2.75, 3.05) is 39.0 Å². The van der Waals surface area contributed by atoms with Crippen molar-refractivity contribution < 1.29 is 9.59 Å². The summed E-state index contributed by atoms with van der Waals surface area (Å²) in [6, 6.07) is 11.3. The normalized spacial score (nSPS) is 15.5. The summed E-state index contributed by atoms with van der Waals surface area (Å²) in [5, 5.41) is 10.7. The number of carbonyl (C=O) groups is 2. The number of amides is 3. The highest BCUT2D eigenvalue weighted by atomic mass is 32.1. The predicted molar refractivity (Wildman–Crippen MR) is 131 cm³/mol. The minimum atomic E-state index is -0.266. The zero-order chi connectivity index (χ0) is 23.1. The lowest BCUT2D eigenvalue weighted by molar-refractivity contribution is 0.0634. The van der Waals surface area contributed by atoms with Crippen LogP contribution in [0.3, 0.4) is 0 Å². The van der Waals surface area contributed by atoms with Crippen LogP contribution < -0.4 is 16.0 Å². The summed E-state index contributed by atoms with van der Waals surface area (Å²) in [6.07, 6.45) is 2.29. The molecule has 0 bridgehead atoms. The van der Waals surface area contributed by atoms with Crippen LogP contribution in [0.25, 0.3) is 0 Å². The number of benzene rings is 1. The van der Waals surface area contributed by atoms with Gasteiger partial charge < -0.3 is 20.9 Å². The van der Waals surface area contributed by atoms with E-state index in [0.717, 1.165) is 30.8 Å². The topological polar surface area (TPSA) is 76.7 Å². The Morgan fingerprint density at radius 3 is 2.53 bits per heavy atom. The van der Waals surface area contributed by atoms with E-state index in [1.165, 1.54) is 0 Å². The molecule has 1 aromatic carbocycles. The number of likely N-dealkylation sites (tertiary alicyclic amines) is 1. The molecule has 3 rings (SSSR count). The molecule has 1 aliphatic rings. The van der Waals surface area contributed by atoms with Gasteiger partial charge in [-0.15, -0.1) is 11.3 Å². The molecule has 0 unspecified atom stereocenters. The van der Waals surface area contributed by atoms with E-state index in [1.54, 1.807) is 35.6 Å². The third-order valence-corrected chi connectivity index (χ3v) is 6.99. The van der Waals surface area contributed by atoms with Gasteiger partial charge >= 0.3 is 6.03 Å². The highest BCUT2D eigenvalue weighted by Gasteiger charge is 2.31. The molecule has 3 N–H and O–H groups in total. The Balaban J connectivity index is 1.47. The van der Waals surface area contributed by atoms with Crippen molar-refractivity contribution in [3.8, 4) is 0 Å². The van der Waals surface area contributed by atoms with Crippen LogP contribution in [-0.2, 0) is 6.54 Å². The standard InChI is InChI=1S/C24H35N5O2S/c1-24(2,29-12-10-20(11-13-29)28(3)4)17-26-23(31)27-19-8-5-7-18(15-19)22(30)25-16-21-9-6-14-32-21/h5-9,14-15,20H,10-13,16-17H2,1-4H3,(H,25,30)(H2,26,27,31). The number of carbonyl (C=O) groups excluding carboxylic acids is 2. The van der Waals surface area contributed by atoms with Crippen LogP contribution in [0.2, 0.25) is 0 Å². The predicted octanol–water partition coefficient (Wildman–Crippen LogP) is 3.60. The first-order valence-corrected chi connectivity index (χ1v) is 12.0. The minimum Gasteiger partial charge on any atom is -0.347 e. The second-order valence-electron chi connectivity index (χ2n) is 9.14. The second-order valence-corrected chi connectivity index (χ2v) is 10.2. The van der Waals surface area contributed by atoms with E-state index in [9.17, 15) is 9.59 Å². The van der Waals surface area contributed by atoms with Crippen LogP contribution in [0.5, 0.6) is 0 Å². The van der Waals surface area contributed by atoms with E-state index >= 15 is 0 Å². The van der Waals surface area contributed by atoms with Crippen molar-refractivity contribution in [2.24, 2.45) is 0 Å². The Kier molecular flexibility index (Phi) is 8.28. The Morgan fingerprint density at radius 1 is 1.12 bits per heavy atom. The van der Waals surface area contributed by atoms with Crippen molar-refractivity contribution in [3.05, 3.63) is 52.2 Å². The molecule has 1 aromatic heterocycles. The van der Waals surface area contributed by atoms with Gasteiger partial charge in [0.25, 0.3) is 5.91 Å². The third-order valence-electron chi connectivity index (χ3n) is 6.12. The van der Waals surface area contributed by atoms with Gasteiger partial charge in [-0.2, -0.15) is 0 Å². The number of urea groups is 1. The van der Waals surface area contributed by atoms with Crippen LogP contribution in [0.15, 0.2) is 41.8 Å². The highest BCUT2D eigenvalue weighted by molar-refractivity contribution is 7.09. The average Bonchev–Trinajstić information content (AvgIpc) is 3.30. The van der Waals surface area contributed by atoms with Crippen LogP contribution in [0, 0.1) is 0 Å². The monoisotopic (exact) mass is 457 g/mol. The quantitative estimate of drug-likeness (QED) is 0.566. The van der Waals surface area contributed by atoms with Gasteiger partial charge in [-0.25, -0.2) is 4.79 Å². The van der Waals surface area contributed by atoms with Crippen LogP contribution in [-0.4, -0.2) is 67.0 Å². The summed E-state index contributed by atoms with van der Waals surface area (Å²) >= 11 is 1.60. The number of nitrogens with zero attached hydrogens (tertiary/aromatic N) is 2. The van der Waals surface area contributed by atoms with E-state index < -0.39 is 0 Å². The SMILES string of the molecule is CN(C)C1CCN(C(C)(C)CNC(=O)Nc2cccc(C(=O)NCc3cccs3)c2)CC1. The van der Waals surface area contributed by atoms with Crippen LogP contribution in [0.1, 0.15) is 41.9 Å². The number of anilines is 1. The molecule has 0 radical (unpaired) electrons. The molecule has 0 atom stereocenters. The number of rotatable bonds is 8. The van der Waals surface area contributed by atoms with E-state index in [2.05, 4.69) is 53.7 Å². The fourth-order valence-electron chi connectivity index (χ4n) is 3.99. The first-order valence-electron chi connectivity index (χ1n) is 11.1. The lowest BCUT2D eigenvalue weighted by Gasteiger charge is -2.44. The van der Waals surface area contributed by atoms with Crippen molar-refractivity contribution >= 4 is 29.0 Å². The molecule has 7 nitrogen and oxygen atoms in total. The number of hydrogen-bond acceptors (Lipinski definition) is 5. The molecule has 1 saturated heterocycles. The summed E-state index contributed by atoms with van der Waals surface area (Å²) in [6.45, 7) is 7.44. The first kappa shape index (κ1) is 24.2. The summed E-state index contributed by atoms with van der Waals surface area (Å²) in [7, 11) is 4.28. The van der Waals surface area contributed by atoms with Crippen molar-refractivity contribution in [1.82, 2.24) is 20.4 Å². The molecule has 174 valence electrons. The van der Waals surface area contributed by atoms with Crippen LogP contribution >= 0.6 is 11.3 Å². The van der Waals surface area contributed by atoms with Gasteiger partial charge in [0.05, 0.1) is 6.54 Å². The summed E-state index contributed by atoms with van der Waals surface area (Å²) in [5.41, 5.74) is 0.984. The Bertz CT molecular complexity index is 890. The van der Waals surface area contributed by atoms with E-state index in [-0.39, 0.29) is 17.5 Å². The Hall–Kier alpha value is -2.42. The largest absolute Gasteiger partial charge is 0.347 e. The van der Waals surface area contributed by atoms with Gasteiger partial charge in [0, 0.05) is 47.3 Å². The first-order chi connectivity index (χ1) is 15.2. The lowest BCUT2D eigenvalue weighted by Crippen LogP contribution is -2.56. The maximum Gasteiger partial charge on any atom is 0.319 e. The second kappa shape index (κ2) is 10.9. The molecule has 1 aliphatic heterocycles. The summed E-state index contributed by atoms with van der Waals surface area (Å²) < 4.78 is 0. The van der Waals surface area contributed by atoms with Gasteiger partial charge in [0.1, 0.15) is 0 Å². The number of thiophene rings is 1. The molecule has 8 heteroatoms. The molecule has 3 amide bonds. The third kappa shape index (κ3) is 6.79. The fraction of sp³-hybridized carbons (Fsp3) is 0.500. The molecule has 2 heterocycles. The maximum absolute atomic E-state index is 12.5. The lowest BCUT2D eigenvalue weighted by atomic mass is 9.96. The number of piperidine rings is 1. The summed E-state index contributed by atoms with van der Waals surface area (Å²) in [4.78, 5) is 30.8. The van der Waals surface area contributed by atoms with E-state index in [4.69, 9.17) is 0 Å². The van der Waals surface area contributed by atoms with Crippen molar-refractivity contribution in [3.63, 3.8) is 0 Å². The van der Waals surface area contributed by atoms with Gasteiger partial charge in [0.15, 0.2) is 0 Å². The van der Waals surface area contributed by atoms with Crippen LogP contribution in [0.4, 0.5) is 10.5 Å². The maximum atomic E-state index is 12.5. The smallest absolute Gasteiger partial charge is 0.319 e. The van der Waals surface area contributed by atoms with E-state index in [1.807, 2.05) is 17.5 Å². The van der Waals surface area contributed by atoms with Gasteiger partial charge in [-0.3, -0.25) is 9.69 Å². The van der Waals surface area contributed by atoms with Gasteiger partial charge in [-0.1, -0.05) is 12.1 Å². The average molecular weight is 458 g/mol. The zero-order valence-electron chi connectivity index (χ0n) is 19.5. The Labute approximate surface area is 195 Å². The molecular weight excluding hydrogens is 422 g/mol. The number of nitrogens with one attached hydrogen (secondary N) is 3. The molecule has 2 aromatic rings. The van der Waals surface area contributed by atoms with Crippen molar-refractivity contribution in [1.29, 1.82) is 0 Å². The zero-order valence-corrected chi connectivity index (χ0v) is 20.3. The molecule has 0 saturated carbocycles. The van der Waals surface area contributed by atoms with E-state index in [0.29, 0.717) is 30.4 Å². The molecule has 1 fully saturated rings. The summed E-state index contributed by atoms with van der Waals surface area (Å²) in [5.74, 6) is -0.162. The fourth-order valence-corrected chi connectivity index (χ4v) is 4.64. The molecular formula is C24H35N5O2S. The molecule has 0 aliphatic carbocycles. The van der Waals surface area contributed by atoms with Gasteiger partial charge in [-0.05, 0) is 70.4 Å².